The molecule has 2 fully saturated rings. The molecule has 0 saturated carbocycles. The van der Waals surface area contributed by atoms with E-state index in [4.69, 9.17) is 18.9 Å². The van der Waals surface area contributed by atoms with Gasteiger partial charge in [0.05, 0.1) is 28.4 Å². The first-order valence-electron chi connectivity index (χ1n) is 18.3. The van der Waals surface area contributed by atoms with Crippen LogP contribution >= 0.6 is 0 Å². The third kappa shape index (κ3) is 10.5. The second-order valence-electron chi connectivity index (χ2n) is 13.5. The number of likely N-dealkylation sites (N-methyl/N-ethyl adjacent to an activating group) is 1. The summed E-state index contributed by atoms with van der Waals surface area (Å²) in [7, 11) is 8.36. The first-order chi connectivity index (χ1) is 27.1. The Hall–Kier alpha value is -5.84. The van der Waals surface area contributed by atoms with Gasteiger partial charge in [-0.2, -0.15) is 0 Å². The number of carbonyl (C=O) groups is 2. The third-order valence-electron chi connectivity index (χ3n) is 9.32. The lowest BCUT2D eigenvalue weighted by atomic mass is 9.94. The number of para-hydroxylation sites is 2. The SMILES string of the molecule is CCCN1C/C(=C\c2ccc(F)cc2)C(=O)/C(=C/c2ccc(F)cc2)C1.COc1cccc(/C=C2\CN(C)C/C(=C\c3cccc(OC)c3OC)C2=O)c1OC. The van der Waals surface area contributed by atoms with Crippen molar-refractivity contribution in [3.8, 4) is 23.0 Å². The van der Waals surface area contributed by atoms with Gasteiger partial charge in [0.1, 0.15) is 11.6 Å². The predicted octanol–water partition coefficient (Wildman–Crippen LogP) is 8.43. The van der Waals surface area contributed by atoms with Gasteiger partial charge in [-0.1, -0.05) is 55.5 Å². The van der Waals surface area contributed by atoms with Gasteiger partial charge in [-0.25, -0.2) is 8.78 Å². The monoisotopic (exact) mass is 762 g/mol. The molecule has 2 saturated heterocycles. The third-order valence-corrected chi connectivity index (χ3v) is 9.32. The second-order valence-corrected chi connectivity index (χ2v) is 13.5. The minimum Gasteiger partial charge on any atom is -0.493 e. The molecule has 4 aromatic rings. The Bertz CT molecular complexity index is 1990. The number of carbonyl (C=O) groups excluding carboxylic acids is 2. The smallest absolute Gasteiger partial charge is 0.187 e. The Morgan fingerprint density at radius 1 is 0.554 bits per heavy atom. The minimum absolute atomic E-state index is 0.00264. The Balaban J connectivity index is 0.000000216. The minimum atomic E-state index is -0.299. The fraction of sp³-hybridized carbons (Fsp3) is 0.261. The van der Waals surface area contributed by atoms with Crippen LogP contribution in [0.4, 0.5) is 8.78 Å². The number of ether oxygens (including phenoxy) is 4. The number of Topliss-reactive ketones (excluding diaryl/α,β-unsaturated/α-hetero) is 2. The fourth-order valence-corrected chi connectivity index (χ4v) is 6.74. The van der Waals surface area contributed by atoms with E-state index in [0.717, 1.165) is 35.2 Å². The molecule has 10 heteroatoms. The zero-order chi connectivity index (χ0) is 40.2. The molecule has 0 N–H and O–H groups in total. The molecule has 0 bridgehead atoms. The van der Waals surface area contributed by atoms with E-state index >= 15 is 0 Å². The summed E-state index contributed by atoms with van der Waals surface area (Å²) in [5, 5.41) is 0. The van der Waals surface area contributed by atoms with Gasteiger partial charge < -0.3 is 18.9 Å². The van der Waals surface area contributed by atoms with Crippen molar-refractivity contribution in [2.75, 3.05) is 68.2 Å². The van der Waals surface area contributed by atoms with Crippen molar-refractivity contribution in [1.29, 1.82) is 0 Å². The number of methoxy groups -OCH3 is 4. The molecule has 0 unspecified atom stereocenters. The number of piperidine rings is 2. The predicted molar refractivity (Wildman–Crippen MR) is 218 cm³/mol. The van der Waals surface area contributed by atoms with Crippen molar-refractivity contribution in [3.05, 3.63) is 141 Å². The molecule has 2 aliphatic heterocycles. The molecule has 0 aromatic heterocycles. The average Bonchev–Trinajstić information content (AvgIpc) is 3.20. The van der Waals surface area contributed by atoms with Crippen molar-refractivity contribution >= 4 is 35.9 Å². The quantitative estimate of drug-likeness (QED) is 0.149. The molecule has 0 radical (unpaired) electrons. The maximum atomic E-state index is 13.3. The number of likely N-dealkylation sites (tertiary alicyclic amines) is 2. The number of hydrogen-bond acceptors (Lipinski definition) is 8. The average molecular weight is 763 g/mol. The van der Waals surface area contributed by atoms with Crippen molar-refractivity contribution < 1.29 is 37.3 Å². The molecule has 0 amide bonds. The Morgan fingerprint density at radius 3 is 1.30 bits per heavy atom. The first-order valence-corrected chi connectivity index (χ1v) is 18.3. The van der Waals surface area contributed by atoms with Crippen molar-refractivity contribution in [2.24, 2.45) is 0 Å². The molecule has 292 valence electrons. The number of benzene rings is 4. The highest BCUT2D eigenvalue weighted by Gasteiger charge is 2.27. The van der Waals surface area contributed by atoms with Crippen LogP contribution in [-0.4, -0.2) is 89.6 Å². The molecule has 4 aromatic carbocycles. The summed E-state index contributed by atoms with van der Waals surface area (Å²) in [4.78, 5) is 30.5. The van der Waals surface area contributed by atoms with E-state index < -0.39 is 0 Å². The van der Waals surface area contributed by atoms with Crippen LogP contribution < -0.4 is 18.9 Å². The molecule has 2 heterocycles. The summed E-state index contributed by atoms with van der Waals surface area (Å²) in [5.74, 6) is 1.86. The van der Waals surface area contributed by atoms with Crippen molar-refractivity contribution in [1.82, 2.24) is 9.80 Å². The summed E-state index contributed by atoms with van der Waals surface area (Å²) in [6.07, 6.45) is 8.37. The van der Waals surface area contributed by atoms with E-state index in [1.54, 1.807) is 52.7 Å². The number of rotatable bonds is 10. The van der Waals surface area contributed by atoms with Gasteiger partial charge in [0.15, 0.2) is 34.6 Å². The Kier molecular flexibility index (Phi) is 14.5. The van der Waals surface area contributed by atoms with Gasteiger partial charge in [-0.3, -0.25) is 19.4 Å². The summed E-state index contributed by atoms with van der Waals surface area (Å²) < 4.78 is 48.0. The maximum Gasteiger partial charge on any atom is 0.187 e. The van der Waals surface area contributed by atoms with Gasteiger partial charge in [-0.05, 0) is 91.8 Å². The van der Waals surface area contributed by atoms with Crippen LogP contribution in [0, 0.1) is 11.6 Å². The topological polar surface area (TPSA) is 77.5 Å². The van der Waals surface area contributed by atoms with Crippen LogP contribution in [0.15, 0.2) is 107 Å². The lowest BCUT2D eigenvalue weighted by molar-refractivity contribution is -0.114. The summed E-state index contributed by atoms with van der Waals surface area (Å²) in [5.41, 5.74) is 5.94. The molecular formula is C46H48F2N2O6. The number of ketones is 2. The van der Waals surface area contributed by atoms with Crippen LogP contribution in [0.2, 0.25) is 0 Å². The van der Waals surface area contributed by atoms with Gasteiger partial charge in [0, 0.05) is 59.6 Å². The molecular weight excluding hydrogens is 715 g/mol. The highest BCUT2D eigenvalue weighted by molar-refractivity contribution is 6.15. The van der Waals surface area contributed by atoms with Crippen molar-refractivity contribution in [3.63, 3.8) is 0 Å². The molecule has 8 nitrogen and oxygen atoms in total. The standard InChI is InChI=1S/C24H27NO5.C22H21F2NO/c1-25-14-18(12-16-8-6-10-20(27-2)23(16)29-4)22(26)19(15-25)13-17-9-7-11-21(28-3)24(17)30-5;1-2-11-25-14-18(12-16-3-7-20(23)8-4-16)22(26)19(15-25)13-17-5-9-21(24)10-6-17/h6-13H,14-15H2,1-5H3;3-10,12-13H,2,11,14-15H2,1H3/b2*18-12+,19-13+. The zero-order valence-electron chi connectivity index (χ0n) is 32.7. The van der Waals surface area contributed by atoms with E-state index in [2.05, 4.69) is 16.7 Å². The first kappa shape index (κ1) is 41.3. The molecule has 2 aliphatic rings. The lowest BCUT2D eigenvalue weighted by Gasteiger charge is -2.29. The number of halogens is 2. The van der Waals surface area contributed by atoms with E-state index in [-0.39, 0.29) is 23.2 Å². The second kappa shape index (κ2) is 19.7. The van der Waals surface area contributed by atoms with E-state index in [0.29, 0.717) is 71.5 Å². The van der Waals surface area contributed by atoms with Crippen LogP contribution in [0.25, 0.3) is 24.3 Å². The van der Waals surface area contributed by atoms with Gasteiger partial charge in [0.25, 0.3) is 0 Å². The zero-order valence-corrected chi connectivity index (χ0v) is 32.7. The Morgan fingerprint density at radius 2 is 0.946 bits per heavy atom. The van der Waals surface area contributed by atoms with Gasteiger partial charge in [-0.15, -0.1) is 0 Å². The lowest BCUT2D eigenvalue weighted by Crippen LogP contribution is -2.38. The van der Waals surface area contributed by atoms with Crippen LogP contribution in [0.3, 0.4) is 0 Å². The van der Waals surface area contributed by atoms with E-state index in [1.165, 1.54) is 24.3 Å². The number of nitrogens with zero attached hydrogens (tertiary/aromatic N) is 2. The summed E-state index contributed by atoms with van der Waals surface area (Å²) >= 11 is 0. The van der Waals surface area contributed by atoms with Crippen LogP contribution in [0.5, 0.6) is 23.0 Å². The van der Waals surface area contributed by atoms with Crippen LogP contribution in [0.1, 0.15) is 35.6 Å². The van der Waals surface area contributed by atoms with E-state index in [9.17, 15) is 18.4 Å². The Labute approximate surface area is 327 Å². The number of hydrogen-bond donors (Lipinski definition) is 0. The molecule has 0 atom stereocenters. The van der Waals surface area contributed by atoms with Gasteiger partial charge in [0.2, 0.25) is 0 Å². The molecule has 0 spiro atoms. The van der Waals surface area contributed by atoms with Gasteiger partial charge >= 0.3 is 0 Å². The highest BCUT2D eigenvalue weighted by atomic mass is 19.1. The summed E-state index contributed by atoms with van der Waals surface area (Å²) in [6.45, 7) is 5.23. The normalized spacial score (nSPS) is 17.9. The maximum absolute atomic E-state index is 13.3. The highest BCUT2D eigenvalue weighted by Crippen LogP contribution is 2.35. The largest absolute Gasteiger partial charge is 0.493 e. The van der Waals surface area contributed by atoms with Crippen LogP contribution in [-0.2, 0) is 9.59 Å². The molecule has 6 rings (SSSR count). The fourth-order valence-electron chi connectivity index (χ4n) is 6.74. The van der Waals surface area contributed by atoms with Crippen molar-refractivity contribution in [2.45, 2.75) is 13.3 Å². The summed E-state index contributed by atoms with van der Waals surface area (Å²) in [6, 6.07) is 23.4. The molecule has 0 aliphatic carbocycles. The molecule has 56 heavy (non-hydrogen) atoms. The van der Waals surface area contributed by atoms with E-state index in [1.807, 2.05) is 67.7 Å².